The Labute approximate surface area is 149 Å². The van der Waals surface area contributed by atoms with Crippen molar-refractivity contribution in [2.45, 2.75) is 6.92 Å². The number of H-pyrrole nitrogens is 1. The van der Waals surface area contributed by atoms with E-state index in [0.717, 1.165) is 16.7 Å². The van der Waals surface area contributed by atoms with E-state index in [-0.39, 0.29) is 11.7 Å². The Morgan fingerprint density at radius 1 is 1.04 bits per heavy atom. The fourth-order valence-electron chi connectivity index (χ4n) is 2.85. The summed E-state index contributed by atoms with van der Waals surface area (Å²) in [5, 5.41) is 2.84. The molecule has 0 atom stereocenters. The second kappa shape index (κ2) is 6.33. The second-order valence-electron chi connectivity index (χ2n) is 5.91. The van der Waals surface area contributed by atoms with Gasteiger partial charge in [0.15, 0.2) is 5.78 Å². The van der Waals surface area contributed by atoms with E-state index in [1.54, 1.807) is 0 Å². The number of nitrogens with zero attached hydrogens (tertiary/aromatic N) is 2. The van der Waals surface area contributed by atoms with Crippen molar-refractivity contribution < 1.29 is 9.59 Å². The van der Waals surface area contributed by atoms with E-state index in [1.165, 1.54) is 19.2 Å². The van der Waals surface area contributed by atoms with Crippen LogP contribution in [0, 0.1) is 0 Å². The third-order valence-electron chi connectivity index (χ3n) is 4.13. The molecule has 0 fully saturated rings. The summed E-state index contributed by atoms with van der Waals surface area (Å²) in [7, 11) is 0. The number of Topliss-reactive ketones (excluding diaryl/α,β-unsaturated/α-hetero) is 1. The Kier molecular flexibility index (Phi) is 3.85. The van der Waals surface area contributed by atoms with E-state index >= 15 is 0 Å². The van der Waals surface area contributed by atoms with Gasteiger partial charge in [0.05, 0.1) is 11.0 Å². The number of carbonyl (C=O) groups excluding carboxylic acids is 2. The van der Waals surface area contributed by atoms with Gasteiger partial charge < -0.3 is 4.98 Å². The van der Waals surface area contributed by atoms with Gasteiger partial charge in [0.25, 0.3) is 5.91 Å². The van der Waals surface area contributed by atoms with Crippen LogP contribution in [0.3, 0.4) is 0 Å². The first-order valence-electron chi connectivity index (χ1n) is 8.17. The molecule has 0 spiro atoms. The molecule has 4 aromatic rings. The first-order chi connectivity index (χ1) is 12.6. The highest BCUT2D eigenvalue weighted by Gasteiger charge is 2.17. The third kappa shape index (κ3) is 2.77. The number of anilines is 1. The Bertz CT molecular complexity index is 1110. The number of rotatable bonds is 4. The van der Waals surface area contributed by atoms with Crippen molar-refractivity contribution in [2.75, 3.05) is 5.32 Å². The molecular formula is C20H16N4O2. The number of nitrogens with one attached hydrogen (secondary N) is 2. The number of fused-ring (bicyclic) bond motifs is 1. The van der Waals surface area contributed by atoms with E-state index in [0.29, 0.717) is 17.2 Å². The zero-order chi connectivity index (χ0) is 18.1. The monoisotopic (exact) mass is 344 g/mol. The van der Waals surface area contributed by atoms with Gasteiger partial charge in [-0.2, -0.15) is 0 Å². The lowest BCUT2D eigenvalue weighted by atomic mass is 10.2. The van der Waals surface area contributed by atoms with Gasteiger partial charge in [-0.25, -0.2) is 4.98 Å². The molecule has 128 valence electrons. The molecular weight excluding hydrogens is 328 g/mol. The Morgan fingerprint density at radius 2 is 1.77 bits per heavy atom. The van der Waals surface area contributed by atoms with Crippen LogP contribution in [0.15, 0.2) is 66.9 Å². The Hall–Kier alpha value is -3.67. The number of ketones is 1. The standard InChI is InChI=1S/C20H16N4O2/c1-13(25)14-11-17(21-12-14)19(26)23-20-22-16-9-5-6-10-18(16)24(20)15-7-3-2-4-8-15/h2-12,21H,1H3,(H,22,23,26). The minimum Gasteiger partial charge on any atom is -0.356 e. The summed E-state index contributed by atoms with van der Waals surface area (Å²) >= 11 is 0. The van der Waals surface area contributed by atoms with Crippen LogP contribution in [0.5, 0.6) is 0 Å². The number of amides is 1. The van der Waals surface area contributed by atoms with Gasteiger partial charge in [-0.3, -0.25) is 19.5 Å². The molecule has 6 nitrogen and oxygen atoms in total. The van der Waals surface area contributed by atoms with Gasteiger partial charge in [0.2, 0.25) is 5.95 Å². The number of hydrogen-bond acceptors (Lipinski definition) is 3. The molecule has 1 amide bonds. The Morgan fingerprint density at radius 3 is 2.50 bits per heavy atom. The van der Waals surface area contributed by atoms with Crippen molar-refractivity contribution in [3.63, 3.8) is 0 Å². The maximum absolute atomic E-state index is 12.6. The SMILES string of the molecule is CC(=O)c1c[nH]c(C(=O)Nc2nc3ccccc3n2-c2ccccc2)c1. The zero-order valence-electron chi connectivity index (χ0n) is 14.1. The lowest BCUT2D eigenvalue weighted by molar-refractivity contribution is 0.101. The predicted molar refractivity (Wildman–Crippen MR) is 99.8 cm³/mol. The topological polar surface area (TPSA) is 79.8 Å². The lowest BCUT2D eigenvalue weighted by Gasteiger charge is -2.09. The van der Waals surface area contributed by atoms with Gasteiger partial charge in [-0.05, 0) is 37.3 Å². The molecule has 0 aliphatic rings. The van der Waals surface area contributed by atoms with E-state index < -0.39 is 0 Å². The van der Waals surface area contributed by atoms with Gasteiger partial charge in [0.1, 0.15) is 5.69 Å². The van der Waals surface area contributed by atoms with Gasteiger partial charge in [-0.15, -0.1) is 0 Å². The molecule has 2 aromatic heterocycles. The number of hydrogen-bond donors (Lipinski definition) is 2. The van der Waals surface area contributed by atoms with E-state index in [9.17, 15) is 9.59 Å². The average Bonchev–Trinajstić information content (AvgIpc) is 3.27. The molecule has 2 aromatic carbocycles. The van der Waals surface area contributed by atoms with Crippen LogP contribution >= 0.6 is 0 Å². The molecule has 0 aliphatic heterocycles. The minimum atomic E-state index is -0.356. The van der Waals surface area contributed by atoms with Crippen LogP contribution in [0.2, 0.25) is 0 Å². The van der Waals surface area contributed by atoms with Crippen molar-refractivity contribution in [2.24, 2.45) is 0 Å². The van der Waals surface area contributed by atoms with Crippen molar-refractivity contribution in [1.82, 2.24) is 14.5 Å². The number of aromatic amines is 1. The maximum Gasteiger partial charge on any atom is 0.274 e. The van der Waals surface area contributed by atoms with Crippen LogP contribution in [-0.4, -0.2) is 26.2 Å². The number of carbonyl (C=O) groups is 2. The summed E-state index contributed by atoms with van der Waals surface area (Å²) in [4.78, 5) is 31.4. The van der Waals surface area contributed by atoms with E-state index in [1.807, 2.05) is 59.2 Å². The van der Waals surface area contributed by atoms with Gasteiger partial charge in [0, 0.05) is 17.4 Å². The summed E-state index contributed by atoms with van der Waals surface area (Å²) in [5.41, 5.74) is 3.34. The smallest absolute Gasteiger partial charge is 0.274 e. The average molecular weight is 344 g/mol. The first-order valence-corrected chi connectivity index (χ1v) is 8.17. The number of aromatic nitrogens is 3. The summed E-state index contributed by atoms with van der Waals surface area (Å²) in [6, 6.07) is 18.9. The van der Waals surface area contributed by atoms with E-state index in [2.05, 4.69) is 15.3 Å². The van der Waals surface area contributed by atoms with Crippen molar-refractivity contribution in [3.8, 4) is 5.69 Å². The van der Waals surface area contributed by atoms with Crippen LogP contribution in [0.4, 0.5) is 5.95 Å². The molecule has 0 bridgehead atoms. The maximum atomic E-state index is 12.6. The minimum absolute atomic E-state index is 0.100. The van der Waals surface area contributed by atoms with Crippen LogP contribution < -0.4 is 5.32 Å². The van der Waals surface area contributed by atoms with Gasteiger partial charge in [-0.1, -0.05) is 30.3 Å². The molecule has 0 saturated carbocycles. The fourth-order valence-corrected chi connectivity index (χ4v) is 2.85. The quantitative estimate of drug-likeness (QED) is 0.553. The summed E-state index contributed by atoms with van der Waals surface area (Å²) in [5.74, 6) is -0.0387. The normalized spacial score (nSPS) is 10.8. The lowest BCUT2D eigenvalue weighted by Crippen LogP contribution is -2.15. The van der Waals surface area contributed by atoms with Crippen molar-refractivity contribution in [1.29, 1.82) is 0 Å². The highest BCUT2D eigenvalue weighted by atomic mass is 16.2. The highest BCUT2D eigenvalue weighted by molar-refractivity contribution is 6.05. The third-order valence-corrected chi connectivity index (χ3v) is 4.13. The molecule has 0 radical (unpaired) electrons. The Balaban J connectivity index is 1.76. The molecule has 2 N–H and O–H groups in total. The van der Waals surface area contributed by atoms with Crippen LogP contribution in [0.25, 0.3) is 16.7 Å². The molecule has 6 heteroatoms. The van der Waals surface area contributed by atoms with Crippen LogP contribution in [0.1, 0.15) is 27.8 Å². The summed E-state index contributed by atoms with van der Waals surface area (Å²) in [6.45, 7) is 1.46. The molecule has 26 heavy (non-hydrogen) atoms. The molecule has 0 saturated heterocycles. The molecule has 0 aliphatic carbocycles. The second-order valence-corrected chi connectivity index (χ2v) is 5.91. The van der Waals surface area contributed by atoms with Crippen LogP contribution in [-0.2, 0) is 0 Å². The predicted octanol–water partition coefficient (Wildman–Crippen LogP) is 3.81. The highest BCUT2D eigenvalue weighted by Crippen LogP contribution is 2.24. The zero-order valence-corrected chi connectivity index (χ0v) is 14.1. The number of para-hydroxylation sites is 3. The summed E-state index contributed by atoms with van der Waals surface area (Å²) in [6.07, 6.45) is 1.53. The van der Waals surface area contributed by atoms with E-state index in [4.69, 9.17) is 0 Å². The summed E-state index contributed by atoms with van der Waals surface area (Å²) < 4.78 is 1.89. The van der Waals surface area contributed by atoms with Crippen molar-refractivity contribution in [3.05, 3.63) is 78.1 Å². The number of benzene rings is 2. The first kappa shape index (κ1) is 15.8. The molecule has 0 unspecified atom stereocenters. The fraction of sp³-hybridized carbons (Fsp3) is 0.0500. The number of imidazole rings is 1. The largest absolute Gasteiger partial charge is 0.356 e. The van der Waals surface area contributed by atoms with Crippen molar-refractivity contribution >= 4 is 28.7 Å². The van der Waals surface area contributed by atoms with Gasteiger partial charge >= 0.3 is 0 Å². The molecule has 4 rings (SSSR count). The molecule has 2 heterocycles.